The Morgan fingerprint density at radius 1 is 1.16 bits per heavy atom. The minimum absolute atomic E-state index is 0.0386. The predicted molar refractivity (Wildman–Crippen MR) is 123 cm³/mol. The zero-order chi connectivity index (χ0) is 22.3. The number of para-hydroxylation sites is 1. The number of aromatic carboxylic acids is 1. The highest BCUT2D eigenvalue weighted by Gasteiger charge is 2.21. The van der Waals surface area contributed by atoms with Crippen molar-refractivity contribution in [3.8, 4) is 0 Å². The average Bonchev–Trinajstić information content (AvgIpc) is 3.17. The smallest absolute Gasteiger partial charge is 0.337 e. The molecule has 0 fully saturated rings. The fraction of sp³-hybridized carbons (Fsp3) is 0.292. The van der Waals surface area contributed by atoms with Crippen LogP contribution in [-0.4, -0.2) is 25.4 Å². The minimum atomic E-state index is -0.984. The third-order valence-corrected chi connectivity index (χ3v) is 5.74. The molecule has 4 rings (SSSR count). The van der Waals surface area contributed by atoms with Gasteiger partial charge in [-0.15, -0.1) is 0 Å². The molecule has 0 radical (unpaired) electrons. The molecule has 0 spiro atoms. The number of carboxylic acids is 1. The van der Waals surface area contributed by atoms with Crippen LogP contribution in [0.15, 0.2) is 47.4 Å². The summed E-state index contributed by atoms with van der Waals surface area (Å²) in [6.07, 6.45) is 1.82. The molecule has 0 bridgehead atoms. The second-order valence-electron chi connectivity index (χ2n) is 7.74. The molecular formula is C24H26N4O3. The second-order valence-corrected chi connectivity index (χ2v) is 7.74. The molecule has 160 valence electrons. The van der Waals surface area contributed by atoms with E-state index < -0.39 is 5.97 Å². The number of rotatable bonds is 6. The van der Waals surface area contributed by atoms with Gasteiger partial charge < -0.3 is 10.4 Å². The van der Waals surface area contributed by atoms with Gasteiger partial charge in [0.2, 0.25) is 0 Å². The fourth-order valence-electron chi connectivity index (χ4n) is 4.34. The summed E-state index contributed by atoms with van der Waals surface area (Å²) < 4.78 is 3.62. The molecule has 2 aromatic carbocycles. The molecule has 0 saturated carbocycles. The van der Waals surface area contributed by atoms with Crippen molar-refractivity contribution >= 4 is 33.5 Å². The van der Waals surface area contributed by atoms with Crippen molar-refractivity contribution in [2.45, 2.75) is 46.8 Å². The summed E-state index contributed by atoms with van der Waals surface area (Å²) in [5.74, 6) is -0.984. The lowest BCUT2D eigenvalue weighted by molar-refractivity contribution is 0.0698. The maximum atomic E-state index is 13.4. The van der Waals surface area contributed by atoms with Gasteiger partial charge in [0, 0.05) is 41.0 Å². The molecule has 0 aliphatic rings. The van der Waals surface area contributed by atoms with Crippen molar-refractivity contribution in [3.05, 3.63) is 69.6 Å². The number of aromatic nitrogens is 3. The lowest BCUT2D eigenvalue weighted by Gasteiger charge is -2.21. The number of hydrogen-bond donors (Lipinski definition) is 2. The molecule has 0 amide bonds. The van der Waals surface area contributed by atoms with Crippen LogP contribution in [0.1, 0.15) is 48.3 Å². The van der Waals surface area contributed by atoms with Crippen LogP contribution in [0.4, 0.5) is 5.69 Å². The standard InChI is InChI=1S/C24H26N4O3/c1-5-27-22-19(13-25-28(22)6-2)21-17(11-14(3)12-18(21)23(27)29)15(4)26-20-10-8-7-9-16(20)24(30)31/h7-13,15,26H,5-6H2,1-4H3,(H,30,31). The number of carboxylic acid groups (broad SMARTS) is 1. The highest BCUT2D eigenvalue weighted by atomic mass is 16.4. The lowest BCUT2D eigenvalue weighted by Crippen LogP contribution is -2.23. The molecule has 2 heterocycles. The number of carbonyl (C=O) groups is 1. The van der Waals surface area contributed by atoms with Crippen molar-refractivity contribution in [1.29, 1.82) is 0 Å². The Labute approximate surface area is 179 Å². The molecule has 1 unspecified atom stereocenters. The topological polar surface area (TPSA) is 89.2 Å². The van der Waals surface area contributed by atoms with Gasteiger partial charge in [-0.2, -0.15) is 5.10 Å². The van der Waals surface area contributed by atoms with Gasteiger partial charge in [0.1, 0.15) is 5.65 Å². The van der Waals surface area contributed by atoms with E-state index in [1.165, 1.54) is 0 Å². The first-order chi connectivity index (χ1) is 14.9. The highest BCUT2D eigenvalue weighted by Crippen LogP contribution is 2.33. The maximum Gasteiger partial charge on any atom is 0.337 e. The van der Waals surface area contributed by atoms with Crippen LogP contribution in [-0.2, 0) is 13.1 Å². The molecule has 1 atom stereocenters. The summed E-state index contributed by atoms with van der Waals surface area (Å²) in [6, 6.07) is 10.6. The Morgan fingerprint density at radius 3 is 2.58 bits per heavy atom. The summed E-state index contributed by atoms with van der Waals surface area (Å²) in [5, 5.41) is 19.8. The summed E-state index contributed by atoms with van der Waals surface area (Å²) >= 11 is 0. The molecule has 2 aromatic heterocycles. The molecule has 0 saturated heterocycles. The van der Waals surface area contributed by atoms with E-state index in [1.54, 1.807) is 28.8 Å². The molecular weight excluding hydrogens is 392 g/mol. The summed E-state index contributed by atoms with van der Waals surface area (Å²) in [4.78, 5) is 25.0. The normalized spacial score (nSPS) is 12.4. The first-order valence-corrected chi connectivity index (χ1v) is 10.5. The lowest BCUT2D eigenvalue weighted by atomic mass is 9.95. The van der Waals surface area contributed by atoms with Crippen molar-refractivity contribution in [2.75, 3.05) is 5.32 Å². The third-order valence-electron chi connectivity index (χ3n) is 5.74. The SMILES string of the molecule is CCn1ncc2c3c(C(C)Nc4ccccc4C(=O)O)cc(C)cc3c(=O)n(CC)c21. The molecule has 2 N–H and O–H groups in total. The Kier molecular flexibility index (Phi) is 5.27. The summed E-state index contributed by atoms with van der Waals surface area (Å²) in [5.41, 5.74) is 3.44. The van der Waals surface area contributed by atoms with E-state index in [-0.39, 0.29) is 17.2 Å². The second kappa shape index (κ2) is 7.91. The van der Waals surface area contributed by atoms with Gasteiger partial charge in [-0.25, -0.2) is 9.48 Å². The van der Waals surface area contributed by atoms with Crippen LogP contribution in [0, 0.1) is 6.92 Å². The van der Waals surface area contributed by atoms with Crippen molar-refractivity contribution < 1.29 is 9.90 Å². The Balaban J connectivity index is 1.99. The van der Waals surface area contributed by atoms with Crippen LogP contribution in [0.3, 0.4) is 0 Å². The van der Waals surface area contributed by atoms with Gasteiger partial charge in [-0.3, -0.25) is 9.36 Å². The molecule has 0 aliphatic heterocycles. The number of nitrogens with one attached hydrogen (secondary N) is 1. The largest absolute Gasteiger partial charge is 0.478 e. The van der Waals surface area contributed by atoms with Crippen molar-refractivity contribution in [3.63, 3.8) is 0 Å². The van der Waals surface area contributed by atoms with Gasteiger partial charge in [0.15, 0.2) is 0 Å². The van der Waals surface area contributed by atoms with Crippen LogP contribution < -0.4 is 10.9 Å². The van der Waals surface area contributed by atoms with E-state index in [4.69, 9.17) is 0 Å². The highest BCUT2D eigenvalue weighted by molar-refractivity contribution is 6.07. The number of aryl methyl sites for hydroxylation is 3. The number of fused-ring (bicyclic) bond motifs is 3. The van der Waals surface area contributed by atoms with Crippen molar-refractivity contribution in [1.82, 2.24) is 14.3 Å². The number of hydrogen-bond acceptors (Lipinski definition) is 4. The van der Waals surface area contributed by atoms with Gasteiger partial charge >= 0.3 is 5.97 Å². The summed E-state index contributed by atoms with van der Waals surface area (Å²) in [7, 11) is 0. The van der Waals surface area contributed by atoms with Crippen molar-refractivity contribution in [2.24, 2.45) is 0 Å². The molecule has 4 aromatic rings. The summed E-state index contributed by atoms with van der Waals surface area (Å²) in [6.45, 7) is 9.13. The third kappa shape index (κ3) is 3.36. The number of benzene rings is 2. The van der Waals surface area contributed by atoms with E-state index >= 15 is 0 Å². The first-order valence-electron chi connectivity index (χ1n) is 10.5. The molecule has 7 nitrogen and oxygen atoms in total. The van der Waals surface area contributed by atoms with E-state index in [0.717, 1.165) is 27.5 Å². The Bertz CT molecular complexity index is 1370. The number of anilines is 1. The minimum Gasteiger partial charge on any atom is -0.478 e. The monoisotopic (exact) mass is 418 g/mol. The van der Waals surface area contributed by atoms with Gasteiger partial charge in [0.25, 0.3) is 5.56 Å². The first kappa shape index (κ1) is 20.7. The van der Waals surface area contributed by atoms with E-state index in [0.29, 0.717) is 24.2 Å². The fourth-order valence-corrected chi connectivity index (χ4v) is 4.34. The molecule has 31 heavy (non-hydrogen) atoms. The van der Waals surface area contributed by atoms with E-state index in [2.05, 4.69) is 16.5 Å². The predicted octanol–water partition coefficient (Wildman–Crippen LogP) is 4.57. The zero-order valence-corrected chi connectivity index (χ0v) is 18.1. The average molecular weight is 418 g/mol. The maximum absolute atomic E-state index is 13.4. The molecule has 7 heteroatoms. The quantitative estimate of drug-likeness (QED) is 0.479. The van der Waals surface area contributed by atoms with E-state index in [9.17, 15) is 14.7 Å². The zero-order valence-electron chi connectivity index (χ0n) is 18.1. The van der Waals surface area contributed by atoms with E-state index in [1.807, 2.05) is 44.6 Å². The van der Waals surface area contributed by atoms with Crippen LogP contribution in [0.25, 0.3) is 21.8 Å². The molecule has 0 aliphatic carbocycles. The van der Waals surface area contributed by atoms with Crippen LogP contribution in [0.5, 0.6) is 0 Å². The Morgan fingerprint density at radius 2 is 1.90 bits per heavy atom. The van der Waals surface area contributed by atoms with Gasteiger partial charge in [-0.1, -0.05) is 18.2 Å². The van der Waals surface area contributed by atoms with Crippen LogP contribution in [0.2, 0.25) is 0 Å². The Hall–Kier alpha value is -3.61. The number of pyridine rings is 1. The van der Waals surface area contributed by atoms with Crippen LogP contribution >= 0.6 is 0 Å². The van der Waals surface area contributed by atoms with Gasteiger partial charge in [0.05, 0.1) is 11.8 Å². The van der Waals surface area contributed by atoms with Gasteiger partial charge in [-0.05, 0) is 57.0 Å². The number of nitrogens with zero attached hydrogens (tertiary/aromatic N) is 3.